The van der Waals surface area contributed by atoms with Crippen molar-refractivity contribution in [2.24, 2.45) is 5.10 Å². The highest BCUT2D eigenvalue weighted by Gasteiger charge is 2.29. The van der Waals surface area contributed by atoms with Crippen LogP contribution in [0.2, 0.25) is 0 Å². The minimum Gasteiger partial charge on any atom is -0.309 e. The van der Waals surface area contributed by atoms with Crippen LogP contribution in [-0.2, 0) is 0 Å². The van der Waals surface area contributed by atoms with Crippen molar-refractivity contribution >= 4 is 32.5 Å². The molecule has 1 aromatic heterocycles. The van der Waals surface area contributed by atoms with Crippen molar-refractivity contribution in [2.45, 2.75) is 5.92 Å². The maximum atomic E-state index is 13.5. The van der Waals surface area contributed by atoms with Crippen molar-refractivity contribution in [1.29, 1.82) is 0 Å². The summed E-state index contributed by atoms with van der Waals surface area (Å²) >= 11 is 3.46. The first kappa shape index (κ1) is 17.8. The minimum atomic E-state index is -0.102. The fourth-order valence-electron chi connectivity index (χ4n) is 3.70. The summed E-state index contributed by atoms with van der Waals surface area (Å²) in [7, 11) is 0. The number of halogens is 1. The van der Waals surface area contributed by atoms with Crippen LogP contribution in [0.1, 0.15) is 17.3 Å². The van der Waals surface area contributed by atoms with Gasteiger partial charge in [-0.1, -0.05) is 58.4 Å². The van der Waals surface area contributed by atoms with Gasteiger partial charge in [-0.05, 0) is 42.0 Å². The van der Waals surface area contributed by atoms with Crippen LogP contribution in [0.15, 0.2) is 93.2 Å². The van der Waals surface area contributed by atoms with E-state index in [4.69, 9.17) is 4.98 Å². The van der Waals surface area contributed by atoms with Gasteiger partial charge in [-0.25, -0.2) is 4.98 Å². The summed E-state index contributed by atoms with van der Waals surface area (Å²) in [6, 6.07) is 25.3. The number of fused-ring (bicyclic) bond motifs is 1. The molecule has 0 bridgehead atoms. The molecule has 1 atom stereocenters. The van der Waals surface area contributed by atoms with E-state index < -0.39 is 0 Å². The third-order valence-corrected chi connectivity index (χ3v) is 5.65. The van der Waals surface area contributed by atoms with Gasteiger partial charge >= 0.3 is 0 Å². The number of benzene rings is 3. The summed E-state index contributed by atoms with van der Waals surface area (Å²) in [6.45, 7) is 0.669. The topological polar surface area (TPSA) is 59.3 Å². The molecule has 1 N–H and O–H groups in total. The highest BCUT2D eigenvalue weighted by molar-refractivity contribution is 9.10. The van der Waals surface area contributed by atoms with E-state index in [-0.39, 0.29) is 11.5 Å². The van der Waals surface area contributed by atoms with E-state index in [1.165, 1.54) is 0 Å². The molecule has 3 aromatic carbocycles. The fraction of sp³-hybridized carbons (Fsp3) is 0.0870. The van der Waals surface area contributed by atoms with Gasteiger partial charge in [-0.3, -0.25) is 9.36 Å². The Labute approximate surface area is 175 Å². The van der Waals surface area contributed by atoms with E-state index in [1.807, 2.05) is 66.7 Å². The average molecular weight is 445 g/mol. The van der Waals surface area contributed by atoms with Gasteiger partial charge in [-0.2, -0.15) is 5.10 Å². The molecule has 4 aromatic rings. The van der Waals surface area contributed by atoms with Crippen LogP contribution in [0.3, 0.4) is 0 Å². The van der Waals surface area contributed by atoms with E-state index in [1.54, 1.807) is 4.57 Å². The lowest BCUT2D eigenvalue weighted by atomic mass is 9.94. The molecule has 0 radical (unpaired) electrons. The Bertz CT molecular complexity index is 1280. The van der Waals surface area contributed by atoms with E-state index >= 15 is 0 Å². The summed E-state index contributed by atoms with van der Waals surface area (Å²) in [5.41, 5.74) is 6.33. The van der Waals surface area contributed by atoms with Gasteiger partial charge in [-0.15, -0.1) is 0 Å². The molecular weight excluding hydrogens is 428 g/mol. The minimum absolute atomic E-state index is 0.0194. The first-order chi connectivity index (χ1) is 14.2. The van der Waals surface area contributed by atoms with Gasteiger partial charge in [0.05, 0.1) is 22.5 Å². The van der Waals surface area contributed by atoms with Gasteiger partial charge in [0.15, 0.2) is 5.82 Å². The molecular formula is C23H17BrN4O. The van der Waals surface area contributed by atoms with Crippen LogP contribution in [0.25, 0.3) is 16.6 Å². The van der Waals surface area contributed by atoms with Crippen LogP contribution in [0, 0.1) is 0 Å². The van der Waals surface area contributed by atoms with E-state index in [2.05, 4.69) is 38.6 Å². The Hall–Kier alpha value is -3.25. The second-order valence-electron chi connectivity index (χ2n) is 6.89. The van der Waals surface area contributed by atoms with Crippen molar-refractivity contribution in [3.05, 3.63) is 105 Å². The van der Waals surface area contributed by atoms with Gasteiger partial charge in [0.2, 0.25) is 0 Å². The standard InChI is InChI=1S/C23H17BrN4O/c24-16-10-12-17(13-11-16)28-22(26-20-9-5-4-8-18(20)23(28)29)21-19(14-25-27-21)15-6-2-1-3-7-15/h1-13,19,25H,14H2. The number of nitrogens with zero attached hydrogens (tertiary/aromatic N) is 3. The predicted octanol–water partition coefficient (Wildman–Crippen LogP) is 4.24. The molecule has 0 saturated carbocycles. The lowest BCUT2D eigenvalue weighted by Gasteiger charge is -2.17. The quantitative estimate of drug-likeness (QED) is 0.513. The number of rotatable bonds is 3. The lowest BCUT2D eigenvalue weighted by Crippen LogP contribution is -2.28. The zero-order chi connectivity index (χ0) is 19.8. The average Bonchev–Trinajstić information content (AvgIpc) is 3.25. The van der Waals surface area contributed by atoms with E-state index in [9.17, 15) is 4.79 Å². The first-order valence-corrected chi connectivity index (χ1v) is 10.1. The molecule has 0 amide bonds. The third kappa shape index (κ3) is 3.15. The van der Waals surface area contributed by atoms with E-state index in [0.717, 1.165) is 21.4 Å². The van der Waals surface area contributed by atoms with Crippen molar-refractivity contribution in [1.82, 2.24) is 15.0 Å². The molecule has 5 rings (SSSR count). The number of aromatic nitrogens is 2. The molecule has 29 heavy (non-hydrogen) atoms. The van der Waals surface area contributed by atoms with Gasteiger partial charge < -0.3 is 5.43 Å². The maximum absolute atomic E-state index is 13.5. The van der Waals surface area contributed by atoms with Crippen molar-refractivity contribution < 1.29 is 0 Å². The summed E-state index contributed by atoms with van der Waals surface area (Å²) in [6.07, 6.45) is 0. The first-order valence-electron chi connectivity index (χ1n) is 9.36. The van der Waals surface area contributed by atoms with Crippen LogP contribution in [0.4, 0.5) is 0 Å². The number of nitrogens with one attached hydrogen (secondary N) is 1. The fourth-order valence-corrected chi connectivity index (χ4v) is 3.96. The van der Waals surface area contributed by atoms with Crippen molar-refractivity contribution in [3.8, 4) is 5.69 Å². The van der Waals surface area contributed by atoms with Crippen LogP contribution < -0.4 is 11.0 Å². The predicted molar refractivity (Wildman–Crippen MR) is 119 cm³/mol. The highest BCUT2D eigenvalue weighted by Crippen LogP contribution is 2.25. The largest absolute Gasteiger partial charge is 0.309 e. The molecule has 5 nitrogen and oxygen atoms in total. The Morgan fingerprint density at radius 1 is 0.931 bits per heavy atom. The second-order valence-corrected chi connectivity index (χ2v) is 7.81. The van der Waals surface area contributed by atoms with E-state index in [0.29, 0.717) is 23.3 Å². The number of hydrogen-bond acceptors (Lipinski definition) is 4. The maximum Gasteiger partial charge on any atom is 0.266 e. The summed E-state index contributed by atoms with van der Waals surface area (Å²) in [4.78, 5) is 18.3. The monoisotopic (exact) mass is 444 g/mol. The van der Waals surface area contributed by atoms with Gasteiger partial charge in [0.25, 0.3) is 5.56 Å². The molecule has 1 unspecified atom stereocenters. The van der Waals surface area contributed by atoms with Crippen LogP contribution in [0.5, 0.6) is 0 Å². The smallest absolute Gasteiger partial charge is 0.266 e. The molecule has 0 fully saturated rings. The Morgan fingerprint density at radius 3 is 2.45 bits per heavy atom. The molecule has 1 aliphatic rings. The molecule has 6 heteroatoms. The number of hydrazone groups is 1. The Morgan fingerprint density at radius 2 is 1.66 bits per heavy atom. The molecule has 0 spiro atoms. The molecule has 0 saturated heterocycles. The van der Waals surface area contributed by atoms with Crippen molar-refractivity contribution in [2.75, 3.05) is 6.54 Å². The summed E-state index contributed by atoms with van der Waals surface area (Å²) in [5, 5.41) is 5.14. The second kappa shape index (κ2) is 7.29. The van der Waals surface area contributed by atoms with Crippen LogP contribution in [-0.4, -0.2) is 21.8 Å². The normalized spacial score (nSPS) is 15.9. The molecule has 0 aliphatic carbocycles. The number of para-hydroxylation sites is 1. The van der Waals surface area contributed by atoms with Gasteiger partial charge in [0, 0.05) is 11.0 Å². The third-order valence-electron chi connectivity index (χ3n) is 5.12. The van der Waals surface area contributed by atoms with Gasteiger partial charge in [0.1, 0.15) is 5.71 Å². The summed E-state index contributed by atoms with van der Waals surface area (Å²) < 4.78 is 2.61. The Balaban J connectivity index is 1.77. The zero-order valence-corrected chi connectivity index (χ0v) is 17.0. The highest BCUT2D eigenvalue weighted by atomic mass is 79.9. The zero-order valence-electron chi connectivity index (χ0n) is 15.4. The van der Waals surface area contributed by atoms with Crippen LogP contribution >= 0.6 is 15.9 Å². The Kier molecular flexibility index (Phi) is 4.48. The molecule has 2 heterocycles. The lowest BCUT2D eigenvalue weighted by molar-refractivity contribution is 0.763. The summed E-state index contributed by atoms with van der Waals surface area (Å²) in [5.74, 6) is 0.584. The number of hydrogen-bond donors (Lipinski definition) is 1. The van der Waals surface area contributed by atoms with Crippen molar-refractivity contribution in [3.63, 3.8) is 0 Å². The molecule has 142 valence electrons. The SMILES string of the molecule is O=c1c2ccccc2nc(C2=NNCC2c2ccccc2)n1-c1ccc(Br)cc1. The molecule has 1 aliphatic heterocycles.